The molecule has 11 heteroatoms. The molecule has 2 aromatic rings. The molecule has 11 nitrogen and oxygen atoms in total. The number of ether oxygens (including phenoxy) is 3. The number of carbonyl (C=O) groups excluding carboxylic acids is 2. The number of carbonyl (C=O) groups is 3. The van der Waals surface area contributed by atoms with Gasteiger partial charge in [-0.2, -0.15) is 0 Å². The second kappa shape index (κ2) is 9.95. The monoisotopic (exact) mass is 565 g/mol. The Balaban J connectivity index is 1.35. The molecule has 0 saturated carbocycles. The van der Waals surface area contributed by atoms with Crippen LogP contribution in [0.4, 0.5) is 0 Å². The van der Waals surface area contributed by atoms with Gasteiger partial charge >= 0.3 is 17.9 Å². The van der Waals surface area contributed by atoms with Crippen LogP contribution >= 0.6 is 0 Å². The lowest BCUT2D eigenvalue weighted by Gasteiger charge is -2.61. The van der Waals surface area contributed by atoms with Crippen molar-refractivity contribution in [3.8, 4) is 5.75 Å². The smallest absolute Gasteiger partial charge is 0.357 e. The molecule has 4 N–H and O–H groups in total. The molecule has 2 aliphatic carbocycles. The average Bonchev–Trinajstić information content (AvgIpc) is 3.31. The molecule has 1 saturated heterocycles. The topological polar surface area (TPSA) is 163 Å². The van der Waals surface area contributed by atoms with Crippen LogP contribution in [0.5, 0.6) is 5.75 Å². The maximum Gasteiger partial charge on any atom is 0.357 e. The van der Waals surface area contributed by atoms with Gasteiger partial charge in [-0.25, -0.2) is 9.59 Å². The number of benzene rings is 2. The third-order valence-corrected chi connectivity index (χ3v) is 9.06. The van der Waals surface area contributed by atoms with E-state index in [1.165, 1.54) is 0 Å². The fourth-order valence-electron chi connectivity index (χ4n) is 7.11. The molecule has 2 aliphatic heterocycles. The van der Waals surface area contributed by atoms with Gasteiger partial charge in [0.05, 0.1) is 24.0 Å². The summed E-state index contributed by atoms with van der Waals surface area (Å²) in [5.41, 5.74) is 0.585. The average molecular weight is 566 g/mol. The lowest BCUT2D eigenvalue weighted by Crippen LogP contribution is -2.74. The molecule has 0 amide bonds. The van der Waals surface area contributed by atoms with Crippen LogP contribution in [-0.4, -0.2) is 80.7 Å². The van der Waals surface area contributed by atoms with Gasteiger partial charge in [0.15, 0.2) is 12.2 Å². The first-order valence-electron chi connectivity index (χ1n) is 13.5. The molecule has 216 valence electrons. The molecule has 2 bridgehead atoms. The van der Waals surface area contributed by atoms with Crippen molar-refractivity contribution in [3.05, 3.63) is 76.6 Å². The van der Waals surface area contributed by atoms with Crippen molar-refractivity contribution in [3.63, 3.8) is 0 Å². The minimum atomic E-state index is -1.99. The summed E-state index contributed by atoms with van der Waals surface area (Å²) in [6.07, 6.45) is -2.30. The van der Waals surface area contributed by atoms with Crippen LogP contribution in [-0.2, 0) is 42.3 Å². The van der Waals surface area contributed by atoms with Crippen molar-refractivity contribution >= 4 is 17.9 Å². The van der Waals surface area contributed by atoms with E-state index in [4.69, 9.17) is 19.3 Å². The van der Waals surface area contributed by atoms with E-state index in [0.29, 0.717) is 36.3 Å². The van der Waals surface area contributed by atoms with Gasteiger partial charge in [0.25, 0.3) is 0 Å². The Kier molecular flexibility index (Phi) is 6.65. The van der Waals surface area contributed by atoms with Gasteiger partial charge in [-0.15, -0.1) is 0 Å². The van der Waals surface area contributed by atoms with Crippen LogP contribution in [0.3, 0.4) is 0 Å². The van der Waals surface area contributed by atoms with E-state index in [1.807, 2.05) is 19.2 Å². The number of hydrogen-bond acceptors (Lipinski definition) is 10. The van der Waals surface area contributed by atoms with Gasteiger partial charge < -0.3 is 39.5 Å². The molecule has 2 heterocycles. The number of piperidine rings is 1. The molecule has 1 fully saturated rings. The number of nitrogens with zero attached hydrogens (tertiary/aromatic N) is 1. The summed E-state index contributed by atoms with van der Waals surface area (Å²) >= 11 is 0. The minimum Gasteiger partial charge on any atom is -0.481 e. The van der Waals surface area contributed by atoms with E-state index in [2.05, 4.69) is 4.90 Å². The lowest BCUT2D eigenvalue weighted by atomic mass is 9.50. The summed E-state index contributed by atoms with van der Waals surface area (Å²) in [6.45, 7) is 0.409. The normalized spacial score (nSPS) is 28.9. The number of aliphatic carboxylic acids is 1. The van der Waals surface area contributed by atoms with Crippen molar-refractivity contribution < 1.29 is 49.0 Å². The van der Waals surface area contributed by atoms with E-state index in [1.54, 1.807) is 36.4 Å². The zero-order valence-corrected chi connectivity index (χ0v) is 22.4. The number of aliphatic hydroxyl groups excluding tert-OH is 2. The standard InChI is InChI=1S/C30H31NO10/c1-31-12-11-29-23-17-7-8-18(15-32)24(23)41-26(29)20(9-10-30(29,38)21(31)13-17)39-28(37)25(16-5-3-2-4-6-16)40-22(34)14-19(33)27(35)36/h2-9,19,21,25-26,32-33,38H,10-15H2,1H3,(H,35,36)/t19-,21+,25-,26-,29-,30+/m0/s1. The summed E-state index contributed by atoms with van der Waals surface area (Å²) in [6, 6.07) is 11.7. The Hall–Kier alpha value is -3.77. The summed E-state index contributed by atoms with van der Waals surface area (Å²) in [4.78, 5) is 39.3. The van der Waals surface area contributed by atoms with E-state index in [9.17, 15) is 29.7 Å². The van der Waals surface area contributed by atoms with E-state index in [0.717, 1.165) is 11.1 Å². The highest BCUT2D eigenvalue weighted by Gasteiger charge is 2.72. The fraction of sp³-hybridized carbons (Fsp3) is 0.433. The van der Waals surface area contributed by atoms with Crippen molar-refractivity contribution in [1.82, 2.24) is 4.90 Å². The molecular weight excluding hydrogens is 534 g/mol. The molecule has 4 aliphatic rings. The number of carboxylic acids is 1. The minimum absolute atomic E-state index is 0.165. The molecule has 0 unspecified atom stereocenters. The second-order valence-electron chi connectivity index (χ2n) is 11.2. The molecule has 6 atom stereocenters. The fourth-order valence-corrected chi connectivity index (χ4v) is 7.11. The van der Waals surface area contributed by atoms with Gasteiger partial charge in [0, 0.05) is 29.2 Å². The van der Waals surface area contributed by atoms with Gasteiger partial charge in [0.2, 0.25) is 6.10 Å². The highest BCUT2D eigenvalue weighted by molar-refractivity contribution is 5.84. The summed E-state index contributed by atoms with van der Waals surface area (Å²) in [7, 11) is 1.98. The van der Waals surface area contributed by atoms with Crippen molar-refractivity contribution in [2.45, 2.75) is 67.7 Å². The summed E-state index contributed by atoms with van der Waals surface area (Å²) in [5, 5.41) is 41.0. The number of likely N-dealkylation sites (tertiary alicyclic amines) is 1. The Morgan fingerprint density at radius 1 is 1.17 bits per heavy atom. The molecule has 6 rings (SSSR count). The Labute approximate surface area is 235 Å². The highest BCUT2D eigenvalue weighted by atomic mass is 16.6. The predicted octanol–water partition coefficient (Wildman–Crippen LogP) is 1.12. The molecule has 2 aromatic carbocycles. The number of rotatable bonds is 8. The van der Waals surface area contributed by atoms with E-state index < -0.39 is 53.7 Å². The van der Waals surface area contributed by atoms with E-state index >= 15 is 0 Å². The lowest BCUT2D eigenvalue weighted by molar-refractivity contribution is -0.177. The van der Waals surface area contributed by atoms with Crippen LogP contribution in [0.15, 0.2) is 54.3 Å². The van der Waals surface area contributed by atoms with Crippen molar-refractivity contribution in [1.29, 1.82) is 0 Å². The molecule has 0 radical (unpaired) electrons. The Morgan fingerprint density at radius 2 is 1.93 bits per heavy atom. The zero-order chi connectivity index (χ0) is 29.1. The maximum atomic E-state index is 13.6. The van der Waals surface area contributed by atoms with Gasteiger partial charge in [-0.05, 0) is 38.1 Å². The molecule has 0 aromatic heterocycles. The third kappa shape index (κ3) is 4.06. The molecular formula is C30H31NO10. The number of likely N-dealkylation sites (N-methyl/N-ethyl adjacent to an activating group) is 1. The van der Waals surface area contributed by atoms with Crippen LogP contribution in [0.25, 0.3) is 0 Å². The van der Waals surface area contributed by atoms with E-state index in [-0.39, 0.29) is 24.8 Å². The van der Waals surface area contributed by atoms with Crippen molar-refractivity contribution in [2.24, 2.45) is 0 Å². The van der Waals surface area contributed by atoms with Crippen molar-refractivity contribution in [2.75, 3.05) is 13.6 Å². The van der Waals surface area contributed by atoms with Gasteiger partial charge in [0.1, 0.15) is 11.5 Å². The maximum absolute atomic E-state index is 13.6. The summed E-state index contributed by atoms with van der Waals surface area (Å²) < 4.78 is 17.7. The predicted molar refractivity (Wildman–Crippen MR) is 140 cm³/mol. The Bertz CT molecular complexity index is 1440. The highest BCUT2D eigenvalue weighted by Crippen LogP contribution is 2.64. The SMILES string of the molecule is CN1CC[C@]23c4c5ccc(CO)c4O[C@H]2C(OC(=O)[C@@H](OC(=O)C[C@H](O)C(=O)O)c2ccccc2)=CC[C@@]3(O)[C@H]1C5. The largest absolute Gasteiger partial charge is 0.481 e. The first-order chi connectivity index (χ1) is 19.6. The van der Waals surface area contributed by atoms with Crippen LogP contribution in [0.2, 0.25) is 0 Å². The van der Waals surface area contributed by atoms with Gasteiger partial charge in [-0.3, -0.25) is 4.79 Å². The first kappa shape index (κ1) is 27.4. The van der Waals surface area contributed by atoms with Crippen LogP contribution < -0.4 is 4.74 Å². The second-order valence-corrected chi connectivity index (χ2v) is 11.2. The van der Waals surface area contributed by atoms with Gasteiger partial charge in [-0.1, -0.05) is 42.5 Å². The quantitative estimate of drug-likeness (QED) is 0.339. The molecule has 41 heavy (non-hydrogen) atoms. The van der Waals surface area contributed by atoms with Crippen LogP contribution in [0, 0.1) is 0 Å². The number of esters is 2. The number of carboxylic acid groups (broad SMARTS) is 1. The first-order valence-corrected chi connectivity index (χ1v) is 13.5. The number of hydrogen-bond donors (Lipinski definition) is 4. The van der Waals surface area contributed by atoms with Crippen LogP contribution in [0.1, 0.15) is 47.6 Å². The summed E-state index contributed by atoms with van der Waals surface area (Å²) in [5.74, 6) is -2.97. The molecule has 1 spiro atoms. The third-order valence-electron chi connectivity index (χ3n) is 9.06. The Morgan fingerprint density at radius 3 is 2.63 bits per heavy atom. The zero-order valence-electron chi connectivity index (χ0n) is 22.4. The number of aliphatic hydroxyl groups is 3.